The van der Waals surface area contributed by atoms with E-state index in [0.717, 1.165) is 43.4 Å². The van der Waals surface area contributed by atoms with E-state index in [4.69, 9.17) is 21.6 Å². The van der Waals surface area contributed by atoms with Crippen LogP contribution in [-0.2, 0) is 0 Å². The van der Waals surface area contributed by atoms with E-state index in [0.29, 0.717) is 35.4 Å². The summed E-state index contributed by atoms with van der Waals surface area (Å²) in [5, 5.41) is 16.2. The van der Waals surface area contributed by atoms with Crippen LogP contribution in [0.3, 0.4) is 0 Å². The number of hydrogen-bond acceptors (Lipinski definition) is 7. The minimum atomic E-state index is -0.507. The van der Waals surface area contributed by atoms with E-state index in [1.165, 1.54) is 0 Å². The van der Waals surface area contributed by atoms with E-state index >= 15 is 4.39 Å². The molecule has 2 N–H and O–H groups in total. The Hall–Kier alpha value is -3.20. The van der Waals surface area contributed by atoms with Crippen molar-refractivity contribution in [1.82, 2.24) is 20.2 Å². The zero-order valence-electron chi connectivity index (χ0n) is 20.3. The van der Waals surface area contributed by atoms with E-state index in [2.05, 4.69) is 34.1 Å². The molecule has 4 aromatic rings. The van der Waals surface area contributed by atoms with E-state index in [-0.39, 0.29) is 21.9 Å². The minimum Gasteiger partial charge on any atom is -0.508 e. The van der Waals surface area contributed by atoms with E-state index in [1.54, 1.807) is 18.2 Å². The molecule has 9 heteroatoms. The second kappa shape index (κ2) is 9.03. The van der Waals surface area contributed by atoms with Crippen molar-refractivity contribution in [2.75, 3.05) is 56.7 Å². The second-order valence-corrected chi connectivity index (χ2v) is 10.2. The first-order valence-electron chi connectivity index (χ1n) is 12.2. The average Bonchev–Trinajstić information content (AvgIpc) is 2.83. The molecule has 0 unspecified atom stereocenters. The fourth-order valence-corrected chi connectivity index (χ4v) is 5.41. The molecule has 36 heavy (non-hydrogen) atoms. The van der Waals surface area contributed by atoms with Crippen LogP contribution in [0.1, 0.15) is 6.42 Å². The van der Waals surface area contributed by atoms with Crippen LogP contribution in [-0.4, -0.2) is 73.0 Å². The van der Waals surface area contributed by atoms with Crippen molar-refractivity contribution in [1.29, 1.82) is 0 Å². The molecule has 0 spiro atoms. The lowest BCUT2D eigenvalue weighted by molar-refractivity contribution is 0.245. The minimum absolute atomic E-state index is 0.0537. The maximum atomic E-state index is 16.5. The first-order valence-corrected chi connectivity index (χ1v) is 12.6. The molecule has 0 bridgehead atoms. The van der Waals surface area contributed by atoms with Crippen molar-refractivity contribution in [3.8, 4) is 16.9 Å². The molecule has 0 saturated carbocycles. The summed E-state index contributed by atoms with van der Waals surface area (Å²) in [7, 11) is 4.11. The molecule has 2 saturated heterocycles. The normalized spacial score (nSPS) is 16.8. The summed E-state index contributed by atoms with van der Waals surface area (Å²) in [6.45, 7) is 3.96. The van der Waals surface area contributed by atoms with E-state index in [9.17, 15) is 5.11 Å². The molecule has 6 rings (SSSR count). The average molecular weight is 507 g/mol. The van der Waals surface area contributed by atoms with Gasteiger partial charge in [-0.05, 0) is 61.6 Å². The van der Waals surface area contributed by atoms with Crippen LogP contribution < -0.4 is 15.1 Å². The predicted molar refractivity (Wildman–Crippen MR) is 144 cm³/mol. The maximum absolute atomic E-state index is 16.5. The standard InChI is InChI=1S/C27H28ClFN6O/c1-33(2)17-13-35(14-17)27-31-25-21(26(32-27)34-9-5-8-30-15-34)12-22(28)23(24(25)29)20-11-18(36)10-16-6-3-4-7-19(16)20/h3-4,6-7,10-12,17,30,36H,5,8-9,13-15H2,1-2H3. The van der Waals surface area contributed by atoms with Gasteiger partial charge >= 0.3 is 0 Å². The highest BCUT2D eigenvalue weighted by Crippen LogP contribution is 2.42. The maximum Gasteiger partial charge on any atom is 0.228 e. The molecule has 2 aliphatic heterocycles. The van der Waals surface area contributed by atoms with Gasteiger partial charge in [0.25, 0.3) is 0 Å². The van der Waals surface area contributed by atoms with Crippen LogP contribution in [0.25, 0.3) is 32.8 Å². The summed E-state index contributed by atoms with van der Waals surface area (Å²) in [6, 6.07) is 13.0. The summed E-state index contributed by atoms with van der Waals surface area (Å²) in [6.07, 6.45) is 0.969. The third-order valence-electron chi connectivity index (χ3n) is 7.23. The van der Waals surface area contributed by atoms with Gasteiger partial charge in [0.2, 0.25) is 5.95 Å². The molecule has 0 amide bonds. The number of fused-ring (bicyclic) bond motifs is 2. The molecule has 0 aliphatic carbocycles. The summed E-state index contributed by atoms with van der Waals surface area (Å²) < 4.78 is 16.5. The lowest BCUT2D eigenvalue weighted by atomic mass is 9.96. The number of aromatic hydroxyl groups is 1. The van der Waals surface area contributed by atoms with Crippen LogP contribution in [0.5, 0.6) is 5.75 Å². The van der Waals surface area contributed by atoms with Crippen LogP contribution in [0.15, 0.2) is 42.5 Å². The zero-order chi connectivity index (χ0) is 25.0. The number of aromatic nitrogens is 2. The van der Waals surface area contributed by atoms with Crippen molar-refractivity contribution >= 4 is 45.0 Å². The van der Waals surface area contributed by atoms with Gasteiger partial charge in [-0.25, -0.2) is 9.37 Å². The highest BCUT2D eigenvalue weighted by atomic mass is 35.5. The fourth-order valence-electron chi connectivity index (χ4n) is 5.11. The Labute approximate surface area is 214 Å². The van der Waals surface area contributed by atoms with E-state index < -0.39 is 5.82 Å². The first kappa shape index (κ1) is 23.2. The van der Waals surface area contributed by atoms with Gasteiger partial charge in [-0.2, -0.15) is 4.98 Å². The Bertz CT molecular complexity index is 1470. The third-order valence-corrected chi connectivity index (χ3v) is 7.52. The van der Waals surface area contributed by atoms with Crippen LogP contribution in [0.2, 0.25) is 5.02 Å². The van der Waals surface area contributed by atoms with Crippen molar-refractivity contribution in [3.63, 3.8) is 0 Å². The number of likely N-dealkylation sites (N-methyl/N-ethyl adjacent to an activating group) is 1. The van der Waals surface area contributed by atoms with Gasteiger partial charge in [0.1, 0.15) is 17.1 Å². The van der Waals surface area contributed by atoms with Crippen LogP contribution in [0, 0.1) is 5.82 Å². The summed E-state index contributed by atoms with van der Waals surface area (Å²) in [5.41, 5.74) is 1.01. The van der Waals surface area contributed by atoms with Crippen LogP contribution >= 0.6 is 11.6 Å². The molecule has 0 radical (unpaired) electrons. The van der Waals surface area contributed by atoms with Gasteiger partial charge in [-0.1, -0.05) is 35.9 Å². The SMILES string of the molecule is CN(C)C1CN(c2nc(N3CCCNC3)c3cc(Cl)c(-c4cc(O)cc5ccccc45)c(F)c3n2)C1. The van der Waals surface area contributed by atoms with Crippen molar-refractivity contribution < 1.29 is 9.50 Å². The summed E-state index contributed by atoms with van der Waals surface area (Å²) in [4.78, 5) is 16.0. The van der Waals surface area contributed by atoms with Gasteiger partial charge in [-0.15, -0.1) is 0 Å². The first-order chi connectivity index (χ1) is 17.4. The van der Waals surface area contributed by atoms with Crippen molar-refractivity contribution in [2.45, 2.75) is 12.5 Å². The van der Waals surface area contributed by atoms with Gasteiger partial charge in [0.15, 0.2) is 5.82 Å². The number of anilines is 2. The number of nitrogens with zero attached hydrogens (tertiary/aromatic N) is 5. The zero-order valence-corrected chi connectivity index (χ0v) is 21.1. The Morgan fingerprint density at radius 3 is 2.64 bits per heavy atom. The molecule has 2 aliphatic rings. The molecule has 3 aromatic carbocycles. The topological polar surface area (TPSA) is 67.8 Å². The number of nitrogens with one attached hydrogen (secondary N) is 1. The summed E-state index contributed by atoms with van der Waals surface area (Å²) >= 11 is 6.77. The van der Waals surface area contributed by atoms with Gasteiger partial charge in [0.05, 0.1) is 11.7 Å². The molecule has 2 fully saturated rings. The molecular weight excluding hydrogens is 479 g/mol. The third kappa shape index (κ3) is 3.89. The Morgan fingerprint density at radius 1 is 1.08 bits per heavy atom. The van der Waals surface area contributed by atoms with Crippen LogP contribution in [0.4, 0.5) is 16.2 Å². The quantitative estimate of drug-likeness (QED) is 0.423. The van der Waals surface area contributed by atoms with Gasteiger partial charge in [0, 0.05) is 36.6 Å². The monoisotopic (exact) mass is 506 g/mol. The largest absolute Gasteiger partial charge is 0.508 e. The fraction of sp³-hybridized carbons (Fsp3) is 0.333. The molecule has 7 nitrogen and oxygen atoms in total. The molecule has 0 atom stereocenters. The number of phenols is 1. The molecule has 1 aromatic heterocycles. The Balaban J connectivity index is 1.57. The number of phenolic OH excluding ortho intramolecular Hbond substituents is 1. The molecule has 3 heterocycles. The second-order valence-electron chi connectivity index (χ2n) is 9.80. The number of benzene rings is 3. The highest BCUT2D eigenvalue weighted by molar-refractivity contribution is 6.35. The van der Waals surface area contributed by atoms with Gasteiger partial charge < -0.3 is 19.8 Å². The van der Waals surface area contributed by atoms with Crippen molar-refractivity contribution in [3.05, 3.63) is 53.3 Å². The molecule has 186 valence electrons. The number of halogens is 2. The van der Waals surface area contributed by atoms with Gasteiger partial charge in [-0.3, -0.25) is 5.32 Å². The lowest BCUT2D eigenvalue weighted by Gasteiger charge is -2.43. The predicted octanol–water partition coefficient (Wildman–Crippen LogP) is 4.46. The highest BCUT2D eigenvalue weighted by Gasteiger charge is 2.32. The Morgan fingerprint density at radius 2 is 1.89 bits per heavy atom. The lowest BCUT2D eigenvalue weighted by Crippen LogP contribution is -2.58. The van der Waals surface area contributed by atoms with E-state index in [1.807, 2.05) is 24.3 Å². The Kier molecular flexibility index (Phi) is 5.82. The molecular formula is C27H28ClFN6O. The smallest absolute Gasteiger partial charge is 0.228 e. The summed E-state index contributed by atoms with van der Waals surface area (Å²) in [5.74, 6) is 0.753. The number of hydrogen-bond donors (Lipinski definition) is 2. The number of rotatable bonds is 4. The van der Waals surface area contributed by atoms with Crippen molar-refractivity contribution in [2.24, 2.45) is 0 Å².